The number of nitrogens with one attached hydrogen (secondary N) is 3. The highest BCUT2D eigenvalue weighted by Gasteiger charge is 2.67. The molecule has 2 saturated carbocycles. The number of alkyl carbamates (subject to hydrolysis) is 1. The fourth-order valence-electron chi connectivity index (χ4n) is 7.42. The summed E-state index contributed by atoms with van der Waals surface area (Å²) < 4.78 is 67.6. The van der Waals surface area contributed by atoms with Crippen LogP contribution in [0.15, 0.2) is 48.5 Å². The fourth-order valence-corrected chi connectivity index (χ4v) is 8.79. The van der Waals surface area contributed by atoms with E-state index in [-0.39, 0.29) is 25.5 Å². The van der Waals surface area contributed by atoms with Crippen LogP contribution in [0.1, 0.15) is 71.3 Å². The molecule has 0 radical (unpaired) electrons. The molecule has 5 bridgehead atoms. The Morgan fingerprint density at radius 3 is 2.45 bits per heavy atom. The number of nitrogens with zero attached hydrogens (tertiary/aromatic N) is 3. The summed E-state index contributed by atoms with van der Waals surface area (Å²) in [7, 11) is -4.14. The maximum absolute atomic E-state index is 14.6. The topological polar surface area (TPSA) is 186 Å². The van der Waals surface area contributed by atoms with Gasteiger partial charge >= 0.3 is 6.09 Å². The lowest BCUT2D eigenvalue weighted by molar-refractivity contribution is -0.143. The van der Waals surface area contributed by atoms with Gasteiger partial charge in [-0.05, 0) is 68.1 Å². The molecule has 1 aromatic heterocycles. The molecule has 2 aliphatic heterocycles. The number of cyclic esters (lactones) is 1. The Labute approximate surface area is 323 Å². The van der Waals surface area contributed by atoms with E-state index in [4.69, 9.17) is 19.4 Å². The SMILES string of the molecule is CC(C)(C)[C@@H]1NC(=O)OCCCCCc2ccc3nc(-c4ccccc4)c(nc3c2)O[C@@H]2C[C@@H](C(=O)N[C@@]3(C(=O)NS(=O)(=O)C4CC4)C[C@H]3C(F)F)N(C2)C1=O. The first-order chi connectivity index (χ1) is 26.6. The summed E-state index contributed by atoms with van der Waals surface area (Å²) in [6.07, 6.45) is -1.86. The van der Waals surface area contributed by atoms with E-state index in [1.807, 2.05) is 53.3 Å². The number of carbonyl (C=O) groups excluding carboxylic acids is 4. The molecule has 3 heterocycles. The number of aromatic nitrogens is 2. The molecule has 2 aliphatic carbocycles. The van der Waals surface area contributed by atoms with Crippen LogP contribution in [0, 0.1) is 11.3 Å². The first-order valence-corrected chi connectivity index (χ1v) is 20.5. The van der Waals surface area contributed by atoms with Gasteiger partial charge in [-0.25, -0.2) is 32.0 Å². The van der Waals surface area contributed by atoms with Gasteiger partial charge in [0.15, 0.2) is 0 Å². The summed E-state index contributed by atoms with van der Waals surface area (Å²) in [4.78, 5) is 66.3. The number of benzene rings is 2. The molecular weight excluding hydrogens is 751 g/mol. The van der Waals surface area contributed by atoms with Crippen LogP contribution in [0.3, 0.4) is 0 Å². The van der Waals surface area contributed by atoms with Crippen LogP contribution >= 0.6 is 0 Å². The molecule has 17 heteroatoms. The zero-order valence-corrected chi connectivity index (χ0v) is 32.2. The molecule has 0 unspecified atom stereocenters. The third-order valence-corrected chi connectivity index (χ3v) is 12.7. The van der Waals surface area contributed by atoms with Crippen molar-refractivity contribution in [3.05, 3.63) is 54.1 Å². The second-order valence-corrected chi connectivity index (χ2v) is 18.2. The van der Waals surface area contributed by atoms with E-state index in [1.54, 1.807) is 20.8 Å². The van der Waals surface area contributed by atoms with Gasteiger partial charge in [0.05, 0.1) is 35.4 Å². The van der Waals surface area contributed by atoms with E-state index in [0.717, 1.165) is 24.8 Å². The predicted octanol–water partition coefficient (Wildman–Crippen LogP) is 4.26. The van der Waals surface area contributed by atoms with Gasteiger partial charge in [-0.2, -0.15) is 0 Å². The maximum Gasteiger partial charge on any atom is 0.407 e. The van der Waals surface area contributed by atoms with Crippen molar-refractivity contribution in [3.8, 4) is 17.1 Å². The van der Waals surface area contributed by atoms with Crippen LogP contribution in [0.25, 0.3) is 22.3 Å². The predicted molar refractivity (Wildman–Crippen MR) is 200 cm³/mol. The van der Waals surface area contributed by atoms with Crippen LogP contribution in [0.4, 0.5) is 13.6 Å². The highest BCUT2D eigenvalue weighted by molar-refractivity contribution is 7.91. The summed E-state index contributed by atoms with van der Waals surface area (Å²) in [5.74, 6) is -4.40. The van der Waals surface area contributed by atoms with Crippen LogP contribution in [0.2, 0.25) is 0 Å². The highest BCUT2D eigenvalue weighted by atomic mass is 32.2. The standard InChI is InChI=1S/C39H46F2N6O8S/c1-38(2,3)31-35(49)47-21-24(19-29(47)33(48)45-39(20-26(39)32(40)41)36(50)46-56(52,53)25-14-15-25)55-34-30(23-11-7-4-8-12-23)42-27-16-13-22(18-28(27)43-34)10-6-5-9-17-54-37(51)44-31/h4,7-8,11-13,16,18,24-26,29,31-32H,5-6,9-10,14-15,17,19-21H2,1-3H3,(H,44,51)(H,45,48)(H,46,50)/t24-,26+,29+,31-,39+/m1/s1. The number of alkyl halides is 2. The van der Waals surface area contributed by atoms with Crippen molar-refractivity contribution in [3.63, 3.8) is 0 Å². The van der Waals surface area contributed by atoms with Gasteiger partial charge in [-0.3, -0.25) is 19.1 Å². The Bertz CT molecular complexity index is 2130. The molecule has 4 amide bonds. The molecule has 0 spiro atoms. The largest absolute Gasteiger partial charge is 0.471 e. The lowest BCUT2D eigenvalue weighted by Gasteiger charge is -2.35. The summed E-state index contributed by atoms with van der Waals surface area (Å²) in [6.45, 7) is 5.11. The molecular formula is C39H46F2N6O8S. The molecule has 3 N–H and O–H groups in total. The van der Waals surface area contributed by atoms with Crippen LogP contribution in [-0.4, -0.2) is 95.7 Å². The summed E-state index contributed by atoms with van der Waals surface area (Å²) in [6, 6.07) is 12.4. The van der Waals surface area contributed by atoms with E-state index in [0.29, 0.717) is 41.6 Å². The third kappa shape index (κ3) is 8.27. The maximum atomic E-state index is 14.6. The number of ether oxygens (including phenoxy) is 2. The number of carbonyl (C=O) groups is 4. The zero-order valence-electron chi connectivity index (χ0n) is 31.4. The average Bonchev–Trinajstić information content (AvgIpc) is 4.08. The van der Waals surface area contributed by atoms with Gasteiger partial charge in [0.25, 0.3) is 5.91 Å². The number of halogens is 2. The van der Waals surface area contributed by atoms with Crippen molar-refractivity contribution >= 4 is 44.9 Å². The number of hydrogen-bond acceptors (Lipinski definition) is 10. The van der Waals surface area contributed by atoms with Gasteiger partial charge in [0.2, 0.25) is 34.1 Å². The normalized spacial score (nSPS) is 26.1. The minimum absolute atomic E-state index is 0.113. The average molecular weight is 797 g/mol. The summed E-state index contributed by atoms with van der Waals surface area (Å²) in [5, 5.41) is 4.29. The van der Waals surface area contributed by atoms with Crippen LogP contribution in [-0.2, 0) is 35.6 Å². The highest BCUT2D eigenvalue weighted by Crippen LogP contribution is 2.48. The zero-order chi connectivity index (χ0) is 40.0. The van der Waals surface area contributed by atoms with E-state index < -0.39 is 87.0 Å². The monoisotopic (exact) mass is 796 g/mol. The summed E-state index contributed by atoms with van der Waals surface area (Å²) in [5.41, 5.74) is 0.227. The molecule has 1 saturated heterocycles. The Kier molecular flexibility index (Phi) is 10.7. The van der Waals surface area contributed by atoms with E-state index in [9.17, 15) is 36.4 Å². The Morgan fingerprint density at radius 1 is 1.02 bits per heavy atom. The molecule has 7 rings (SSSR count). The van der Waals surface area contributed by atoms with Crippen molar-refractivity contribution in [1.82, 2.24) is 30.2 Å². The molecule has 2 aromatic carbocycles. The van der Waals surface area contributed by atoms with Gasteiger partial charge in [-0.15, -0.1) is 0 Å². The van der Waals surface area contributed by atoms with E-state index >= 15 is 0 Å². The molecule has 3 aromatic rings. The van der Waals surface area contributed by atoms with Crippen molar-refractivity contribution in [2.75, 3.05) is 13.2 Å². The lowest BCUT2D eigenvalue weighted by Crippen LogP contribution is -2.60. The Balaban J connectivity index is 1.26. The number of aryl methyl sites for hydroxylation is 1. The number of fused-ring (bicyclic) bond motifs is 4. The van der Waals surface area contributed by atoms with Gasteiger partial charge in [0, 0.05) is 12.0 Å². The van der Waals surface area contributed by atoms with Crippen molar-refractivity contribution in [1.29, 1.82) is 0 Å². The molecule has 3 fully saturated rings. The van der Waals surface area contributed by atoms with Gasteiger partial charge < -0.3 is 25.0 Å². The quantitative estimate of drug-likeness (QED) is 0.312. The fraction of sp³-hybridized carbons (Fsp3) is 0.538. The van der Waals surface area contributed by atoms with Crippen molar-refractivity contribution in [2.45, 2.75) is 108 Å². The molecule has 14 nitrogen and oxygen atoms in total. The smallest absolute Gasteiger partial charge is 0.407 e. The molecule has 4 aliphatic rings. The first-order valence-electron chi connectivity index (χ1n) is 19.0. The van der Waals surface area contributed by atoms with Crippen LogP contribution in [0.5, 0.6) is 5.88 Å². The minimum Gasteiger partial charge on any atom is -0.471 e. The Hall–Kier alpha value is -4.93. The minimum atomic E-state index is -4.14. The third-order valence-electron chi connectivity index (χ3n) is 10.9. The van der Waals surface area contributed by atoms with Crippen LogP contribution < -0.4 is 20.1 Å². The number of sulfonamides is 1. The summed E-state index contributed by atoms with van der Waals surface area (Å²) >= 11 is 0. The van der Waals surface area contributed by atoms with Gasteiger partial charge in [-0.1, -0.05) is 57.2 Å². The lowest BCUT2D eigenvalue weighted by atomic mass is 9.85. The van der Waals surface area contributed by atoms with E-state index in [2.05, 4.69) is 10.6 Å². The molecule has 56 heavy (non-hydrogen) atoms. The van der Waals surface area contributed by atoms with Crippen molar-refractivity contribution in [2.24, 2.45) is 11.3 Å². The molecule has 300 valence electrons. The number of hydrogen-bond donors (Lipinski definition) is 3. The molecule has 5 atom stereocenters. The number of amides is 4. The van der Waals surface area contributed by atoms with E-state index in [1.165, 1.54) is 4.90 Å². The second-order valence-electron chi connectivity index (χ2n) is 16.2. The van der Waals surface area contributed by atoms with Crippen molar-refractivity contribution < 1.29 is 45.9 Å². The number of rotatable bonds is 7. The first kappa shape index (κ1) is 39.3. The van der Waals surface area contributed by atoms with Gasteiger partial charge in [0.1, 0.15) is 29.4 Å². The second kappa shape index (κ2) is 15.2. The Morgan fingerprint density at radius 2 is 1.77 bits per heavy atom.